The van der Waals surface area contributed by atoms with Crippen molar-refractivity contribution in [3.63, 3.8) is 0 Å². The van der Waals surface area contributed by atoms with Crippen LogP contribution in [0, 0.1) is 5.82 Å². The van der Waals surface area contributed by atoms with Gasteiger partial charge < -0.3 is 15.6 Å². The molecule has 1 aliphatic heterocycles. The number of rotatable bonds is 2. The molecule has 1 aromatic carbocycles. The van der Waals surface area contributed by atoms with Crippen molar-refractivity contribution >= 4 is 33.1 Å². The lowest BCUT2D eigenvalue weighted by molar-refractivity contribution is 0.186. The van der Waals surface area contributed by atoms with Gasteiger partial charge in [-0.05, 0) is 31.2 Å². The van der Waals surface area contributed by atoms with Crippen molar-refractivity contribution in [2.24, 2.45) is 7.05 Å². The highest BCUT2D eigenvalue weighted by Crippen LogP contribution is 2.40. The minimum Gasteiger partial charge on any atom is -0.482 e. The first-order valence-corrected chi connectivity index (χ1v) is 11.2. The SMILES string of the molecule is [B]C([B])(O)Cn1nc(Cl)c2c1-c1cnc(N)c(c1)O[C@H](C)c1cc(F)ccc1-c1nn(C)cc1C2. The highest BCUT2D eigenvalue weighted by atomic mass is 35.5. The van der Waals surface area contributed by atoms with E-state index in [9.17, 15) is 9.50 Å². The molecule has 2 bridgehead atoms. The maximum absolute atomic E-state index is 14.3. The summed E-state index contributed by atoms with van der Waals surface area (Å²) in [6, 6.07) is 6.18. The first-order valence-electron chi connectivity index (χ1n) is 10.8. The molecule has 1 atom stereocenters. The number of anilines is 1. The van der Waals surface area contributed by atoms with Crippen LogP contribution in [0.5, 0.6) is 5.75 Å². The lowest BCUT2D eigenvalue weighted by atomic mass is 9.65. The summed E-state index contributed by atoms with van der Waals surface area (Å²) >= 11 is 6.60. The van der Waals surface area contributed by atoms with Gasteiger partial charge in [-0.1, -0.05) is 11.6 Å². The molecule has 4 heterocycles. The van der Waals surface area contributed by atoms with E-state index in [0.717, 1.165) is 5.56 Å². The maximum Gasteiger partial charge on any atom is 0.166 e. The number of aliphatic hydroxyl groups is 1. The van der Waals surface area contributed by atoms with Gasteiger partial charge in [0.2, 0.25) is 0 Å². The van der Waals surface area contributed by atoms with Crippen LogP contribution in [0.4, 0.5) is 10.2 Å². The third-order valence-corrected chi connectivity index (χ3v) is 6.15. The Bertz CT molecular complexity index is 1450. The third-order valence-electron chi connectivity index (χ3n) is 5.84. The number of pyridine rings is 1. The van der Waals surface area contributed by atoms with Gasteiger partial charge in [0.15, 0.2) is 16.7 Å². The number of aryl methyl sites for hydroxylation is 1. The molecule has 174 valence electrons. The molecule has 8 nitrogen and oxygen atoms in total. The van der Waals surface area contributed by atoms with E-state index in [-0.39, 0.29) is 23.3 Å². The highest BCUT2D eigenvalue weighted by molar-refractivity contribution is 6.38. The average molecular weight is 489 g/mol. The molecule has 0 unspecified atom stereocenters. The first kappa shape index (κ1) is 23.4. The minimum absolute atomic E-state index is 0.155. The van der Waals surface area contributed by atoms with Crippen molar-refractivity contribution < 1.29 is 14.2 Å². The molecule has 3 N–H and O–H groups in total. The second-order valence-electron chi connectivity index (χ2n) is 8.72. The summed E-state index contributed by atoms with van der Waals surface area (Å²) in [6.45, 7) is 1.56. The fourth-order valence-corrected chi connectivity index (χ4v) is 4.65. The molecule has 35 heavy (non-hydrogen) atoms. The van der Waals surface area contributed by atoms with Crippen molar-refractivity contribution in [1.82, 2.24) is 24.5 Å². The number of hydrogen-bond donors (Lipinski definition) is 2. The predicted molar refractivity (Wildman–Crippen MR) is 132 cm³/mol. The van der Waals surface area contributed by atoms with Crippen LogP contribution in [0.25, 0.3) is 22.5 Å². The molecule has 5 rings (SSSR count). The fraction of sp³-hybridized carbons (Fsp3) is 0.261. The van der Waals surface area contributed by atoms with Gasteiger partial charge >= 0.3 is 0 Å². The predicted octanol–water partition coefficient (Wildman–Crippen LogP) is 2.75. The summed E-state index contributed by atoms with van der Waals surface area (Å²) in [5, 5.41) is 17.3. The average Bonchev–Trinajstić information content (AvgIpc) is 3.27. The van der Waals surface area contributed by atoms with E-state index in [1.165, 1.54) is 16.8 Å². The van der Waals surface area contributed by atoms with E-state index in [1.807, 2.05) is 6.20 Å². The number of aromatic nitrogens is 5. The minimum atomic E-state index is -2.04. The number of ether oxygens (including phenoxy) is 1. The molecule has 1 aliphatic rings. The van der Waals surface area contributed by atoms with Gasteiger partial charge in [-0.15, -0.1) is 0 Å². The van der Waals surface area contributed by atoms with Gasteiger partial charge in [0.25, 0.3) is 0 Å². The largest absolute Gasteiger partial charge is 0.482 e. The molecule has 0 saturated heterocycles. The van der Waals surface area contributed by atoms with Crippen LogP contribution in [0.3, 0.4) is 0 Å². The summed E-state index contributed by atoms with van der Waals surface area (Å²) in [5.74, 6) is 0.0471. The third kappa shape index (κ3) is 4.41. The van der Waals surface area contributed by atoms with Crippen LogP contribution in [0.15, 0.2) is 36.7 Å². The summed E-state index contributed by atoms with van der Waals surface area (Å²) < 4.78 is 23.6. The van der Waals surface area contributed by atoms with Crippen molar-refractivity contribution in [1.29, 1.82) is 0 Å². The molecule has 4 aromatic rings. The normalized spacial score (nSPS) is 15.3. The molecular weight excluding hydrogens is 468 g/mol. The standard InChI is InChI=1S/C23H20B2ClFN6O2/c1-11-16-7-14(27)3-4-15(16)19-13(9-32(2)30-19)5-17-20(12-6-18(35-11)22(28)29-8-12)33(31-21(17)26)10-23(24,25)34/h3-4,6-9,11,34H,5,10H2,1-2H3,(H2,28,29)/t11-/m1/s1. The number of nitrogens with zero attached hydrogens (tertiary/aromatic N) is 5. The Hall–Kier alpha value is -3.30. The summed E-state index contributed by atoms with van der Waals surface area (Å²) in [5.41, 5.74) is 10.7. The Labute approximate surface area is 208 Å². The molecule has 3 aromatic heterocycles. The van der Waals surface area contributed by atoms with E-state index >= 15 is 0 Å². The summed E-state index contributed by atoms with van der Waals surface area (Å²) in [7, 11) is 13.1. The highest BCUT2D eigenvalue weighted by Gasteiger charge is 2.27. The Morgan fingerprint density at radius 2 is 2.09 bits per heavy atom. The van der Waals surface area contributed by atoms with Gasteiger partial charge in [-0.3, -0.25) is 9.36 Å². The number of hydrogen-bond acceptors (Lipinski definition) is 6. The van der Waals surface area contributed by atoms with Crippen LogP contribution in [-0.2, 0) is 20.0 Å². The monoisotopic (exact) mass is 488 g/mol. The van der Waals surface area contributed by atoms with Gasteiger partial charge in [0.05, 0.1) is 17.9 Å². The lowest BCUT2D eigenvalue weighted by Gasteiger charge is -2.22. The molecule has 0 amide bonds. The second kappa shape index (κ2) is 8.42. The van der Waals surface area contributed by atoms with E-state index in [4.69, 9.17) is 37.8 Å². The first-order chi connectivity index (χ1) is 16.5. The van der Waals surface area contributed by atoms with E-state index < -0.39 is 17.3 Å². The zero-order valence-corrected chi connectivity index (χ0v) is 19.8. The lowest BCUT2D eigenvalue weighted by Crippen LogP contribution is -2.35. The summed E-state index contributed by atoms with van der Waals surface area (Å²) in [4.78, 5) is 4.28. The molecular formula is C23H20B2ClFN6O2. The van der Waals surface area contributed by atoms with Crippen molar-refractivity contribution in [3.05, 3.63) is 64.3 Å². The van der Waals surface area contributed by atoms with Gasteiger partial charge in [0.1, 0.15) is 27.6 Å². The van der Waals surface area contributed by atoms with Gasteiger partial charge in [-0.2, -0.15) is 10.2 Å². The summed E-state index contributed by atoms with van der Waals surface area (Å²) in [6.07, 6.45) is 3.17. The Kier molecular flexibility index (Phi) is 5.64. The molecule has 12 heteroatoms. The van der Waals surface area contributed by atoms with Crippen LogP contribution < -0.4 is 10.5 Å². The van der Waals surface area contributed by atoms with Gasteiger partial charge in [0, 0.05) is 59.1 Å². The molecule has 0 fully saturated rings. The van der Waals surface area contributed by atoms with Crippen LogP contribution in [-0.4, -0.2) is 50.7 Å². The smallest absolute Gasteiger partial charge is 0.166 e. The van der Waals surface area contributed by atoms with Crippen LogP contribution in [0.2, 0.25) is 5.15 Å². The molecule has 0 saturated carbocycles. The zero-order chi connectivity index (χ0) is 25.1. The van der Waals surface area contributed by atoms with Crippen LogP contribution in [0.1, 0.15) is 29.7 Å². The number of nitrogens with two attached hydrogens (primary N) is 1. The topological polar surface area (TPSA) is 104 Å². The number of fused-ring (bicyclic) bond motifs is 7. The van der Waals surface area contributed by atoms with Crippen molar-refractivity contribution in [3.8, 4) is 28.3 Å². The van der Waals surface area contributed by atoms with Crippen molar-refractivity contribution in [2.45, 2.75) is 31.4 Å². The quantitative estimate of drug-likeness (QED) is 0.421. The van der Waals surface area contributed by atoms with E-state index in [2.05, 4.69) is 15.2 Å². The number of halogens is 2. The fourth-order valence-electron chi connectivity index (χ4n) is 4.41. The number of nitrogen functional groups attached to an aromatic ring is 1. The van der Waals surface area contributed by atoms with Gasteiger partial charge in [-0.25, -0.2) is 9.37 Å². The van der Waals surface area contributed by atoms with E-state index in [0.29, 0.717) is 40.1 Å². The maximum atomic E-state index is 14.3. The molecule has 4 radical (unpaired) electrons. The zero-order valence-electron chi connectivity index (χ0n) is 19.0. The molecule has 0 aliphatic carbocycles. The number of benzene rings is 1. The Morgan fingerprint density at radius 1 is 1.31 bits per heavy atom. The second-order valence-corrected chi connectivity index (χ2v) is 9.08. The van der Waals surface area contributed by atoms with Crippen molar-refractivity contribution in [2.75, 3.05) is 5.73 Å². The molecule has 0 spiro atoms. The Morgan fingerprint density at radius 3 is 2.83 bits per heavy atom. The Balaban J connectivity index is 1.81. The van der Waals surface area contributed by atoms with E-state index in [1.54, 1.807) is 37.0 Å². The van der Waals surface area contributed by atoms with Crippen LogP contribution >= 0.6 is 11.6 Å².